The van der Waals surface area contributed by atoms with Crippen LogP contribution < -0.4 is 4.74 Å². The molecule has 3 rings (SSSR count). The van der Waals surface area contributed by atoms with Crippen molar-refractivity contribution in [2.75, 3.05) is 32.8 Å². The van der Waals surface area contributed by atoms with Crippen molar-refractivity contribution in [1.29, 1.82) is 0 Å². The van der Waals surface area contributed by atoms with Crippen LogP contribution in [0.4, 0.5) is 0 Å². The van der Waals surface area contributed by atoms with Gasteiger partial charge in [0.25, 0.3) is 5.91 Å². The average molecular weight is 346 g/mol. The molecule has 0 radical (unpaired) electrons. The molecule has 0 N–H and O–H groups in total. The highest BCUT2D eigenvalue weighted by Gasteiger charge is 2.20. The lowest BCUT2D eigenvalue weighted by Gasteiger charge is -2.21. The molecule has 1 saturated heterocycles. The number of carbonyl (C=O) groups is 1. The molecule has 24 heavy (non-hydrogen) atoms. The second-order valence-corrected chi connectivity index (χ2v) is 7.09. The SMILES string of the molecule is Cc1nnc(CN2CCCN(C(=O)COc3ccccc3)CC2)s1. The van der Waals surface area contributed by atoms with E-state index in [0.29, 0.717) is 0 Å². The van der Waals surface area contributed by atoms with Crippen molar-refractivity contribution >= 4 is 17.2 Å². The Morgan fingerprint density at radius 2 is 2.00 bits per heavy atom. The number of amides is 1. The Morgan fingerprint density at radius 1 is 1.17 bits per heavy atom. The van der Waals surface area contributed by atoms with Gasteiger partial charge in [0, 0.05) is 26.2 Å². The van der Waals surface area contributed by atoms with Crippen LogP contribution in [0.2, 0.25) is 0 Å². The van der Waals surface area contributed by atoms with Gasteiger partial charge in [-0.25, -0.2) is 0 Å². The summed E-state index contributed by atoms with van der Waals surface area (Å²) in [6.45, 7) is 6.22. The number of carbonyl (C=O) groups excluding carboxylic acids is 1. The topological polar surface area (TPSA) is 58.6 Å². The zero-order chi connectivity index (χ0) is 16.8. The number of ether oxygens (including phenoxy) is 1. The monoisotopic (exact) mass is 346 g/mol. The third-order valence-corrected chi connectivity index (χ3v) is 4.80. The van der Waals surface area contributed by atoms with Crippen molar-refractivity contribution in [1.82, 2.24) is 20.0 Å². The van der Waals surface area contributed by atoms with Gasteiger partial charge in [0.05, 0.1) is 6.54 Å². The Labute approximate surface area is 146 Å². The van der Waals surface area contributed by atoms with E-state index < -0.39 is 0 Å². The zero-order valence-electron chi connectivity index (χ0n) is 13.9. The van der Waals surface area contributed by atoms with Crippen molar-refractivity contribution in [3.63, 3.8) is 0 Å². The fraction of sp³-hybridized carbons (Fsp3) is 0.471. The van der Waals surface area contributed by atoms with Crippen LogP contribution in [0.1, 0.15) is 16.4 Å². The third-order valence-electron chi connectivity index (χ3n) is 3.97. The lowest BCUT2D eigenvalue weighted by Crippen LogP contribution is -2.38. The van der Waals surface area contributed by atoms with Crippen LogP contribution in [-0.2, 0) is 11.3 Å². The first-order valence-electron chi connectivity index (χ1n) is 8.17. The van der Waals surface area contributed by atoms with Crippen LogP contribution in [0, 0.1) is 6.92 Å². The Morgan fingerprint density at radius 3 is 2.75 bits per heavy atom. The maximum Gasteiger partial charge on any atom is 0.260 e. The Bertz CT molecular complexity index is 662. The van der Waals surface area contributed by atoms with Gasteiger partial charge in [0.1, 0.15) is 15.8 Å². The number of hydrogen-bond acceptors (Lipinski definition) is 6. The molecule has 2 aromatic rings. The minimum absolute atomic E-state index is 0.0486. The largest absolute Gasteiger partial charge is 0.484 e. The highest BCUT2D eigenvalue weighted by molar-refractivity contribution is 7.11. The van der Waals surface area contributed by atoms with Crippen LogP contribution in [0.25, 0.3) is 0 Å². The summed E-state index contributed by atoms with van der Waals surface area (Å²) in [4.78, 5) is 16.6. The predicted molar refractivity (Wildman–Crippen MR) is 93.1 cm³/mol. The molecule has 6 nitrogen and oxygen atoms in total. The normalized spacial score (nSPS) is 16.0. The Balaban J connectivity index is 1.46. The van der Waals surface area contributed by atoms with Gasteiger partial charge < -0.3 is 9.64 Å². The highest BCUT2D eigenvalue weighted by Crippen LogP contribution is 2.13. The first-order valence-corrected chi connectivity index (χ1v) is 8.99. The van der Waals surface area contributed by atoms with E-state index in [4.69, 9.17) is 4.74 Å². The maximum absolute atomic E-state index is 12.4. The summed E-state index contributed by atoms with van der Waals surface area (Å²) in [6.07, 6.45) is 0.967. The first-order chi connectivity index (χ1) is 11.7. The van der Waals surface area contributed by atoms with Gasteiger partial charge in [-0.05, 0) is 25.5 Å². The summed E-state index contributed by atoms with van der Waals surface area (Å²) in [7, 11) is 0. The maximum atomic E-state index is 12.4. The molecule has 0 atom stereocenters. The Kier molecular flexibility index (Phi) is 5.77. The van der Waals surface area contributed by atoms with Gasteiger partial charge in [-0.3, -0.25) is 9.69 Å². The number of benzene rings is 1. The first kappa shape index (κ1) is 16.9. The summed E-state index contributed by atoms with van der Waals surface area (Å²) >= 11 is 1.64. The van der Waals surface area contributed by atoms with Crippen LogP contribution in [0.15, 0.2) is 30.3 Å². The van der Waals surface area contributed by atoms with Crippen molar-refractivity contribution in [2.45, 2.75) is 19.9 Å². The molecule has 2 heterocycles. The van der Waals surface area contributed by atoms with E-state index in [9.17, 15) is 4.79 Å². The number of nitrogens with zero attached hydrogens (tertiary/aromatic N) is 4. The molecular weight excluding hydrogens is 324 g/mol. The van der Waals surface area contributed by atoms with Crippen LogP contribution in [0.5, 0.6) is 5.75 Å². The minimum Gasteiger partial charge on any atom is -0.484 e. The number of para-hydroxylation sites is 1. The second-order valence-electron chi connectivity index (χ2n) is 5.83. The quantitative estimate of drug-likeness (QED) is 0.828. The van der Waals surface area contributed by atoms with Gasteiger partial charge in [-0.1, -0.05) is 18.2 Å². The third kappa shape index (κ3) is 4.75. The molecule has 0 aliphatic carbocycles. The van der Waals surface area contributed by atoms with E-state index in [0.717, 1.165) is 54.9 Å². The van der Waals surface area contributed by atoms with Gasteiger partial charge >= 0.3 is 0 Å². The number of aromatic nitrogens is 2. The summed E-state index contributed by atoms with van der Waals surface area (Å²) < 4.78 is 5.57. The summed E-state index contributed by atoms with van der Waals surface area (Å²) in [5.41, 5.74) is 0. The van der Waals surface area contributed by atoms with Crippen molar-refractivity contribution in [3.05, 3.63) is 40.3 Å². The van der Waals surface area contributed by atoms with E-state index in [1.54, 1.807) is 11.3 Å². The van der Waals surface area contributed by atoms with Gasteiger partial charge in [-0.2, -0.15) is 0 Å². The molecule has 0 bridgehead atoms. The molecule has 128 valence electrons. The molecule has 7 heteroatoms. The van der Waals surface area contributed by atoms with Gasteiger partial charge in [0.15, 0.2) is 6.61 Å². The smallest absolute Gasteiger partial charge is 0.260 e. The van der Waals surface area contributed by atoms with Crippen molar-refractivity contribution in [2.24, 2.45) is 0 Å². The summed E-state index contributed by atoms with van der Waals surface area (Å²) in [6, 6.07) is 9.46. The van der Waals surface area contributed by atoms with E-state index >= 15 is 0 Å². The lowest BCUT2D eigenvalue weighted by molar-refractivity contribution is -0.133. The number of hydrogen-bond donors (Lipinski definition) is 0. The average Bonchev–Trinajstić information content (AvgIpc) is 2.86. The lowest BCUT2D eigenvalue weighted by atomic mass is 10.3. The second kappa shape index (κ2) is 8.21. The van der Waals surface area contributed by atoms with Gasteiger partial charge in [-0.15, -0.1) is 21.5 Å². The molecule has 1 aromatic heterocycles. The Hall–Kier alpha value is -1.99. The van der Waals surface area contributed by atoms with E-state index in [2.05, 4.69) is 15.1 Å². The highest BCUT2D eigenvalue weighted by atomic mass is 32.1. The van der Waals surface area contributed by atoms with E-state index in [-0.39, 0.29) is 12.5 Å². The molecule has 1 aliphatic heterocycles. The minimum atomic E-state index is 0.0486. The molecular formula is C17H22N4O2S. The number of aryl methyl sites for hydroxylation is 1. The molecule has 0 spiro atoms. The molecule has 1 aliphatic rings. The van der Waals surface area contributed by atoms with E-state index in [1.165, 1.54) is 0 Å². The van der Waals surface area contributed by atoms with Crippen LogP contribution in [-0.4, -0.2) is 58.7 Å². The number of rotatable bonds is 5. The predicted octanol–water partition coefficient (Wildman–Crippen LogP) is 1.96. The van der Waals surface area contributed by atoms with Gasteiger partial charge in [0.2, 0.25) is 0 Å². The fourth-order valence-electron chi connectivity index (χ4n) is 2.72. The van der Waals surface area contributed by atoms with Crippen LogP contribution >= 0.6 is 11.3 Å². The van der Waals surface area contributed by atoms with E-state index in [1.807, 2.05) is 42.2 Å². The van der Waals surface area contributed by atoms with Crippen LogP contribution in [0.3, 0.4) is 0 Å². The zero-order valence-corrected chi connectivity index (χ0v) is 14.7. The molecule has 0 unspecified atom stereocenters. The van der Waals surface area contributed by atoms with Crippen molar-refractivity contribution in [3.8, 4) is 5.75 Å². The fourth-order valence-corrected chi connectivity index (χ4v) is 3.48. The summed E-state index contributed by atoms with van der Waals surface area (Å²) in [5.74, 6) is 0.779. The molecule has 1 amide bonds. The molecule has 1 aromatic carbocycles. The summed E-state index contributed by atoms with van der Waals surface area (Å²) in [5, 5.41) is 10.3. The standard InChI is InChI=1S/C17H22N4O2S/c1-14-18-19-16(24-14)12-20-8-5-9-21(11-10-20)17(22)13-23-15-6-3-2-4-7-15/h2-4,6-7H,5,8-13H2,1H3. The molecule has 0 saturated carbocycles. The molecule has 1 fully saturated rings. The van der Waals surface area contributed by atoms with Crippen molar-refractivity contribution < 1.29 is 9.53 Å².